The van der Waals surface area contributed by atoms with Crippen LogP contribution >= 0.6 is 0 Å². The molecule has 0 atom stereocenters. The van der Waals surface area contributed by atoms with E-state index < -0.39 is 0 Å². The van der Waals surface area contributed by atoms with Crippen LogP contribution < -0.4 is 5.32 Å². The molecular formula is C22H28N4O2. The molecule has 6 nitrogen and oxygen atoms in total. The molecule has 0 radical (unpaired) electrons. The van der Waals surface area contributed by atoms with Gasteiger partial charge in [-0.25, -0.2) is 4.79 Å². The number of para-hydroxylation sites is 1. The summed E-state index contributed by atoms with van der Waals surface area (Å²) in [5.41, 5.74) is 2.93. The number of amides is 3. The van der Waals surface area contributed by atoms with Gasteiger partial charge in [-0.3, -0.25) is 4.79 Å². The predicted molar refractivity (Wildman–Crippen MR) is 109 cm³/mol. The molecule has 2 fully saturated rings. The van der Waals surface area contributed by atoms with Crippen molar-refractivity contribution in [1.82, 2.24) is 14.4 Å². The second kappa shape index (κ2) is 7.70. The highest BCUT2D eigenvalue weighted by Crippen LogP contribution is 2.31. The Balaban J connectivity index is 1.44. The molecule has 6 heteroatoms. The molecule has 0 spiro atoms. The van der Waals surface area contributed by atoms with Gasteiger partial charge < -0.3 is 19.7 Å². The van der Waals surface area contributed by atoms with Gasteiger partial charge in [0.15, 0.2) is 0 Å². The number of aromatic nitrogens is 1. The van der Waals surface area contributed by atoms with E-state index in [9.17, 15) is 9.59 Å². The fraction of sp³-hybridized carbons (Fsp3) is 0.455. The van der Waals surface area contributed by atoms with Crippen molar-refractivity contribution in [3.8, 4) is 0 Å². The molecular weight excluding hydrogens is 352 g/mol. The molecule has 0 saturated heterocycles. The van der Waals surface area contributed by atoms with Gasteiger partial charge in [-0.15, -0.1) is 0 Å². The molecule has 4 rings (SSSR count). The van der Waals surface area contributed by atoms with Gasteiger partial charge in [0.2, 0.25) is 5.91 Å². The van der Waals surface area contributed by atoms with Crippen molar-refractivity contribution in [2.24, 2.45) is 7.05 Å². The van der Waals surface area contributed by atoms with E-state index >= 15 is 0 Å². The van der Waals surface area contributed by atoms with E-state index in [1.807, 2.05) is 66.0 Å². The van der Waals surface area contributed by atoms with E-state index in [1.54, 1.807) is 4.90 Å². The molecule has 2 saturated carbocycles. The predicted octanol–water partition coefficient (Wildman–Crippen LogP) is 3.52. The minimum Gasteiger partial charge on any atom is -0.353 e. The van der Waals surface area contributed by atoms with Crippen molar-refractivity contribution in [2.45, 2.75) is 51.2 Å². The van der Waals surface area contributed by atoms with E-state index in [0.29, 0.717) is 12.6 Å². The Kier molecular flexibility index (Phi) is 5.11. The molecule has 2 aliphatic carbocycles. The average Bonchev–Trinajstić information content (AvgIpc) is 3.59. The van der Waals surface area contributed by atoms with E-state index in [-0.39, 0.29) is 24.5 Å². The second-order valence-corrected chi connectivity index (χ2v) is 7.97. The van der Waals surface area contributed by atoms with E-state index in [4.69, 9.17) is 0 Å². The molecule has 1 aromatic carbocycles. The molecule has 2 aromatic rings. The fourth-order valence-electron chi connectivity index (χ4n) is 3.53. The lowest BCUT2D eigenvalue weighted by Crippen LogP contribution is -2.46. The number of urea groups is 1. The Morgan fingerprint density at radius 2 is 1.71 bits per heavy atom. The summed E-state index contributed by atoms with van der Waals surface area (Å²) in [6.07, 6.45) is 6.03. The fourth-order valence-corrected chi connectivity index (χ4v) is 3.53. The molecule has 0 unspecified atom stereocenters. The van der Waals surface area contributed by atoms with Crippen LogP contribution in [-0.2, 0) is 18.4 Å². The monoisotopic (exact) mass is 380 g/mol. The standard InChI is InChI=1S/C22H28N4O2/c1-16-6-3-4-8-20(16)23-22(28)26(18-11-12-18)15-21(27)25(17-9-10-17)14-19-7-5-13-24(19)2/h3-8,13,17-18H,9-12,14-15H2,1-2H3,(H,23,28). The highest BCUT2D eigenvalue weighted by Gasteiger charge is 2.38. The number of aryl methyl sites for hydroxylation is 2. The minimum absolute atomic E-state index is 0.0375. The molecule has 2 aliphatic rings. The van der Waals surface area contributed by atoms with Gasteiger partial charge in [-0.1, -0.05) is 18.2 Å². The number of benzene rings is 1. The highest BCUT2D eigenvalue weighted by molar-refractivity contribution is 5.93. The first-order valence-electron chi connectivity index (χ1n) is 10.1. The Labute approximate surface area is 166 Å². The third-order valence-electron chi connectivity index (χ3n) is 5.63. The molecule has 1 aromatic heterocycles. The van der Waals surface area contributed by atoms with Gasteiger partial charge >= 0.3 is 6.03 Å². The molecule has 1 N–H and O–H groups in total. The SMILES string of the molecule is Cc1ccccc1NC(=O)N(CC(=O)N(Cc1cccn1C)C1CC1)C1CC1. The normalized spacial score (nSPS) is 15.9. The van der Waals surface area contributed by atoms with Crippen molar-refractivity contribution in [2.75, 3.05) is 11.9 Å². The van der Waals surface area contributed by atoms with Gasteiger partial charge in [0.05, 0.1) is 6.54 Å². The minimum atomic E-state index is -0.181. The molecule has 0 bridgehead atoms. The smallest absolute Gasteiger partial charge is 0.322 e. The van der Waals surface area contributed by atoms with Crippen LogP contribution in [0.1, 0.15) is 36.9 Å². The summed E-state index contributed by atoms with van der Waals surface area (Å²) in [7, 11) is 2.00. The molecule has 3 amide bonds. The van der Waals surface area contributed by atoms with E-state index in [0.717, 1.165) is 42.6 Å². The maximum Gasteiger partial charge on any atom is 0.322 e. The molecule has 28 heavy (non-hydrogen) atoms. The van der Waals surface area contributed by atoms with Gasteiger partial charge in [0, 0.05) is 36.7 Å². The summed E-state index contributed by atoms with van der Waals surface area (Å²) in [6, 6.07) is 12.1. The van der Waals surface area contributed by atoms with E-state index in [2.05, 4.69) is 5.32 Å². The maximum absolute atomic E-state index is 13.1. The number of hydrogen-bond acceptors (Lipinski definition) is 2. The number of hydrogen-bond donors (Lipinski definition) is 1. The third kappa shape index (κ3) is 4.21. The first kappa shape index (κ1) is 18.6. The number of carbonyl (C=O) groups excluding carboxylic acids is 2. The Morgan fingerprint density at radius 3 is 2.32 bits per heavy atom. The number of nitrogens with zero attached hydrogens (tertiary/aromatic N) is 3. The first-order chi connectivity index (χ1) is 13.5. The third-order valence-corrected chi connectivity index (χ3v) is 5.63. The second-order valence-electron chi connectivity index (χ2n) is 7.97. The number of carbonyl (C=O) groups is 2. The maximum atomic E-state index is 13.1. The van der Waals surface area contributed by atoms with Crippen LogP contribution in [0.15, 0.2) is 42.6 Å². The van der Waals surface area contributed by atoms with Crippen molar-refractivity contribution in [3.05, 3.63) is 53.9 Å². The quantitative estimate of drug-likeness (QED) is 0.799. The molecule has 148 valence electrons. The zero-order valence-corrected chi connectivity index (χ0v) is 16.6. The lowest BCUT2D eigenvalue weighted by Gasteiger charge is -2.28. The zero-order valence-electron chi connectivity index (χ0n) is 16.6. The van der Waals surface area contributed by atoms with Gasteiger partial charge in [0.1, 0.15) is 6.54 Å². The zero-order chi connectivity index (χ0) is 19.7. The topological polar surface area (TPSA) is 57.6 Å². The largest absolute Gasteiger partial charge is 0.353 e. The molecule has 1 heterocycles. The average molecular weight is 380 g/mol. The van der Waals surface area contributed by atoms with Crippen molar-refractivity contribution < 1.29 is 9.59 Å². The number of rotatable bonds is 7. The van der Waals surface area contributed by atoms with Crippen molar-refractivity contribution >= 4 is 17.6 Å². The van der Waals surface area contributed by atoms with Crippen LogP contribution in [0, 0.1) is 6.92 Å². The van der Waals surface area contributed by atoms with Crippen LogP contribution in [0.5, 0.6) is 0 Å². The van der Waals surface area contributed by atoms with Crippen molar-refractivity contribution in [1.29, 1.82) is 0 Å². The van der Waals surface area contributed by atoms with Gasteiger partial charge in [0.25, 0.3) is 0 Å². The van der Waals surface area contributed by atoms with Crippen LogP contribution in [0.3, 0.4) is 0 Å². The summed E-state index contributed by atoms with van der Waals surface area (Å²) >= 11 is 0. The number of anilines is 1. The van der Waals surface area contributed by atoms with Gasteiger partial charge in [-0.05, 0) is 56.4 Å². The lowest BCUT2D eigenvalue weighted by molar-refractivity contribution is -0.133. The Morgan fingerprint density at radius 1 is 1.04 bits per heavy atom. The van der Waals surface area contributed by atoms with Crippen LogP contribution in [0.2, 0.25) is 0 Å². The summed E-state index contributed by atoms with van der Waals surface area (Å²) in [5, 5.41) is 2.99. The lowest BCUT2D eigenvalue weighted by atomic mass is 10.2. The molecule has 0 aliphatic heterocycles. The van der Waals surface area contributed by atoms with Gasteiger partial charge in [-0.2, -0.15) is 0 Å². The highest BCUT2D eigenvalue weighted by atomic mass is 16.2. The summed E-state index contributed by atoms with van der Waals surface area (Å²) in [4.78, 5) is 29.7. The van der Waals surface area contributed by atoms with Crippen LogP contribution in [0.25, 0.3) is 0 Å². The number of nitrogens with one attached hydrogen (secondary N) is 1. The van der Waals surface area contributed by atoms with Crippen molar-refractivity contribution in [3.63, 3.8) is 0 Å². The first-order valence-corrected chi connectivity index (χ1v) is 10.1. The van der Waals surface area contributed by atoms with Crippen LogP contribution in [-0.4, -0.2) is 44.9 Å². The summed E-state index contributed by atoms with van der Waals surface area (Å²) in [6.45, 7) is 2.71. The Hall–Kier alpha value is -2.76. The van der Waals surface area contributed by atoms with E-state index in [1.165, 1.54) is 0 Å². The summed E-state index contributed by atoms with van der Waals surface area (Å²) < 4.78 is 2.05. The van der Waals surface area contributed by atoms with Crippen LogP contribution in [0.4, 0.5) is 10.5 Å². The Bertz CT molecular complexity index is 867. The summed E-state index contributed by atoms with van der Waals surface area (Å²) in [5.74, 6) is 0.0375.